The number of aromatic amines is 1. The van der Waals surface area contributed by atoms with E-state index in [9.17, 15) is 4.39 Å². The molecule has 0 atom stereocenters. The van der Waals surface area contributed by atoms with Crippen LogP contribution in [0.25, 0.3) is 11.4 Å². The maximum Gasteiger partial charge on any atom is 0.140 e. The van der Waals surface area contributed by atoms with E-state index in [1.807, 2.05) is 19.2 Å². The minimum absolute atomic E-state index is 0.251. The highest BCUT2D eigenvalue weighted by atomic mass is 79.9. The molecule has 3 rings (SSSR count). The lowest BCUT2D eigenvalue weighted by Gasteiger charge is -2.03. The molecule has 0 unspecified atom stereocenters. The van der Waals surface area contributed by atoms with Crippen LogP contribution in [-0.2, 0) is 0 Å². The first-order chi connectivity index (χ1) is 8.15. The molecular weight excluding hydrogens is 283 g/mol. The zero-order valence-corrected chi connectivity index (χ0v) is 11.0. The van der Waals surface area contributed by atoms with Gasteiger partial charge in [-0.2, -0.15) is 0 Å². The van der Waals surface area contributed by atoms with Crippen LogP contribution < -0.4 is 0 Å². The molecule has 1 heterocycles. The van der Waals surface area contributed by atoms with Gasteiger partial charge in [-0.3, -0.25) is 0 Å². The molecule has 0 saturated heterocycles. The van der Waals surface area contributed by atoms with Crippen LogP contribution >= 0.6 is 15.9 Å². The molecule has 1 aliphatic carbocycles. The number of H-pyrrole nitrogens is 1. The van der Waals surface area contributed by atoms with Crippen molar-refractivity contribution in [2.75, 3.05) is 0 Å². The molecule has 0 aliphatic heterocycles. The molecule has 1 N–H and O–H groups in total. The smallest absolute Gasteiger partial charge is 0.140 e. The van der Waals surface area contributed by atoms with E-state index in [1.165, 1.54) is 18.9 Å². The number of aryl methyl sites for hydroxylation is 1. The Morgan fingerprint density at radius 3 is 2.88 bits per heavy atom. The summed E-state index contributed by atoms with van der Waals surface area (Å²) < 4.78 is 14.6. The van der Waals surface area contributed by atoms with Crippen molar-refractivity contribution in [3.05, 3.63) is 39.9 Å². The van der Waals surface area contributed by atoms with E-state index in [2.05, 4.69) is 25.9 Å². The van der Waals surface area contributed by atoms with E-state index in [0.29, 0.717) is 17.3 Å². The molecule has 0 spiro atoms. The van der Waals surface area contributed by atoms with Gasteiger partial charge in [0.1, 0.15) is 11.6 Å². The highest BCUT2D eigenvalue weighted by molar-refractivity contribution is 9.10. The SMILES string of the molecule is Cc1cc(-c2ncc(C3CC3)[nH]2)c(F)cc1Br. The Morgan fingerprint density at radius 2 is 2.18 bits per heavy atom. The predicted molar refractivity (Wildman–Crippen MR) is 68.4 cm³/mol. The van der Waals surface area contributed by atoms with E-state index >= 15 is 0 Å². The van der Waals surface area contributed by atoms with Crippen molar-refractivity contribution in [2.45, 2.75) is 25.7 Å². The zero-order valence-electron chi connectivity index (χ0n) is 9.43. The Morgan fingerprint density at radius 1 is 1.41 bits per heavy atom. The van der Waals surface area contributed by atoms with E-state index in [4.69, 9.17) is 0 Å². The van der Waals surface area contributed by atoms with Crippen LogP contribution in [0.3, 0.4) is 0 Å². The summed E-state index contributed by atoms with van der Waals surface area (Å²) in [6, 6.07) is 3.30. The van der Waals surface area contributed by atoms with Crippen molar-refractivity contribution in [3.63, 3.8) is 0 Å². The highest BCUT2D eigenvalue weighted by Crippen LogP contribution is 2.39. The molecule has 0 bridgehead atoms. The fourth-order valence-corrected chi connectivity index (χ4v) is 2.23. The summed E-state index contributed by atoms with van der Waals surface area (Å²) >= 11 is 3.32. The fraction of sp³-hybridized carbons (Fsp3) is 0.308. The number of halogens is 2. The average molecular weight is 295 g/mol. The van der Waals surface area contributed by atoms with Crippen LogP contribution in [0.1, 0.15) is 30.0 Å². The quantitative estimate of drug-likeness (QED) is 0.885. The van der Waals surface area contributed by atoms with Crippen molar-refractivity contribution >= 4 is 15.9 Å². The molecule has 4 heteroatoms. The number of aromatic nitrogens is 2. The number of nitrogens with one attached hydrogen (secondary N) is 1. The monoisotopic (exact) mass is 294 g/mol. The first kappa shape index (κ1) is 11.0. The predicted octanol–water partition coefficient (Wildman–Crippen LogP) is 4.16. The number of nitrogens with zero attached hydrogens (tertiary/aromatic N) is 1. The summed E-state index contributed by atoms with van der Waals surface area (Å²) in [6.45, 7) is 1.94. The molecule has 2 nitrogen and oxygen atoms in total. The highest BCUT2D eigenvalue weighted by Gasteiger charge is 2.25. The minimum atomic E-state index is -0.251. The first-order valence-electron chi connectivity index (χ1n) is 5.66. The topological polar surface area (TPSA) is 28.7 Å². The van der Waals surface area contributed by atoms with Gasteiger partial charge in [0.05, 0.1) is 5.56 Å². The first-order valence-corrected chi connectivity index (χ1v) is 6.45. The van der Waals surface area contributed by atoms with Crippen LogP contribution in [0.15, 0.2) is 22.8 Å². The lowest BCUT2D eigenvalue weighted by Crippen LogP contribution is -1.89. The molecule has 1 aromatic heterocycles. The van der Waals surface area contributed by atoms with Gasteiger partial charge >= 0.3 is 0 Å². The van der Waals surface area contributed by atoms with Gasteiger partial charge in [-0.15, -0.1) is 0 Å². The Hall–Kier alpha value is -1.16. The Balaban J connectivity index is 2.04. The normalized spacial score (nSPS) is 15.2. The maximum atomic E-state index is 13.9. The van der Waals surface area contributed by atoms with Crippen molar-refractivity contribution in [1.29, 1.82) is 0 Å². The van der Waals surface area contributed by atoms with Gasteiger partial charge in [-0.05, 0) is 37.5 Å². The summed E-state index contributed by atoms with van der Waals surface area (Å²) in [5.74, 6) is 0.982. The number of rotatable bonds is 2. The third kappa shape index (κ3) is 2.02. The van der Waals surface area contributed by atoms with Crippen LogP contribution in [0, 0.1) is 12.7 Å². The molecule has 0 radical (unpaired) electrons. The summed E-state index contributed by atoms with van der Waals surface area (Å²) in [6.07, 6.45) is 4.25. The lowest BCUT2D eigenvalue weighted by atomic mass is 10.1. The van der Waals surface area contributed by atoms with Gasteiger partial charge in [0.2, 0.25) is 0 Å². The summed E-state index contributed by atoms with van der Waals surface area (Å²) in [5.41, 5.74) is 2.67. The largest absolute Gasteiger partial charge is 0.342 e. The number of hydrogen-bond donors (Lipinski definition) is 1. The number of hydrogen-bond acceptors (Lipinski definition) is 1. The molecular formula is C13H12BrFN2. The lowest BCUT2D eigenvalue weighted by molar-refractivity contribution is 0.629. The second kappa shape index (κ2) is 3.95. The fourth-order valence-electron chi connectivity index (χ4n) is 1.91. The van der Waals surface area contributed by atoms with Gasteiger partial charge < -0.3 is 4.98 Å². The molecule has 17 heavy (non-hydrogen) atoms. The molecule has 88 valence electrons. The Bertz CT molecular complexity index is 573. The standard InChI is InChI=1S/C13H12BrFN2/c1-7-4-9(11(15)5-10(7)14)13-16-6-12(17-13)8-2-3-8/h4-6,8H,2-3H2,1H3,(H,16,17). The summed E-state index contributed by atoms with van der Waals surface area (Å²) in [4.78, 5) is 7.48. The van der Waals surface area contributed by atoms with Crippen molar-refractivity contribution in [3.8, 4) is 11.4 Å². The second-order valence-corrected chi connectivity index (χ2v) is 5.40. The Kier molecular flexibility index (Phi) is 2.54. The van der Waals surface area contributed by atoms with Crippen molar-refractivity contribution < 1.29 is 4.39 Å². The second-order valence-electron chi connectivity index (χ2n) is 4.54. The van der Waals surface area contributed by atoms with Crippen molar-refractivity contribution in [2.24, 2.45) is 0 Å². The van der Waals surface area contributed by atoms with Crippen molar-refractivity contribution in [1.82, 2.24) is 9.97 Å². The third-order valence-electron chi connectivity index (χ3n) is 3.12. The zero-order chi connectivity index (χ0) is 12.0. The molecule has 1 fully saturated rings. The minimum Gasteiger partial charge on any atom is -0.342 e. The Labute approximate surface area is 107 Å². The summed E-state index contributed by atoms with van der Waals surface area (Å²) in [7, 11) is 0. The van der Waals surface area contributed by atoms with Crippen LogP contribution in [0.5, 0.6) is 0 Å². The van der Waals surface area contributed by atoms with E-state index in [0.717, 1.165) is 15.7 Å². The number of imidazole rings is 1. The van der Waals surface area contributed by atoms with Gasteiger partial charge in [0, 0.05) is 22.3 Å². The summed E-state index contributed by atoms with van der Waals surface area (Å²) in [5, 5.41) is 0. The van der Waals surface area contributed by atoms with Crippen LogP contribution in [0.2, 0.25) is 0 Å². The number of benzene rings is 1. The molecule has 1 aliphatic rings. The van der Waals surface area contributed by atoms with Gasteiger partial charge in [-0.1, -0.05) is 15.9 Å². The van der Waals surface area contributed by atoms with Crippen LogP contribution in [-0.4, -0.2) is 9.97 Å². The molecule has 1 aromatic carbocycles. The van der Waals surface area contributed by atoms with Crippen LogP contribution in [0.4, 0.5) is 4.39 Å². The molecule has 1 saturated carbocycles. The van der Waals surface area contributed by atoms with Gasteiger partial charge in [-0.25, -0.2) is 9.37 Å². The average Bonchev–Trinajstić information content (AvgIpc) is 3.03. The molecule has 0 amide bonds. The third-order valence-corrected chi connectivity index (χ3v) is 3.97. The van der Waals surface area contributed by atoms with Gasteiger partial charge in [0.25, 0.3) is 0 Å². The van der Waals surface area contributed by atoms with E-state index in [-0.39, 0.29) is 5.82 Å². The van der Waals surface area contributed by atoms with E-state index < -0.39 is 0 Å². The molecule has 2 aromatic rings. The van der Waals surface area contributed by atoms with Gasteiger partial charge in [0.15, 0.2) is 0 Å². The maximum absolute atomic E-state index is 13.9. The van der Waals surface area contributed by atoms with E-state index in [1.54, 1.807) is 0 Å².